The van der Waals surface area contributed by atoms with Crippen LogP contribution in [0.5, 0.6) is 0 Å². The van der Waals surface area contributed by atoms with Gasteiger partial charge in [0.1, 0.15) is 12.1 Å². The molecule has 1 fully saturated rings. The van der Waals surface area contributed by atoms with Crippen LogP contribution >= 0.6 is 0 Å². The molecule has 0 heterocycles. The Bertz CT molecular complexity index is 1300. The summed E-state index contributed by atoms with van der Waals surface area (Å²) in [7, 11) is 2.62. The van der Waals surface area contributed by atoms with Crippen molar-refractivity contribution in [1.82, 2.24) is 10.6 Å². The summed E-state index contributed by atoms with van der Waals surface area (Å²) in [6.07, 6.45) is 5.57. The van der Waals surface area contributed by atoms with Crippen LogP contribution in [-0.4, -0.2) is 50.1 Å². The minimum Gasteiger partial charge on any atom is -0.467 e. The molecule has 2 bridgehead atoms. The third-order valence-corrected chi connectivity index (χ3v) is 7.97. The number of carbonyl (C=O) groups is 4. The molecule has 38 heavy (non-hydrogen) atoms. The fourth-order valence-corrected chi connectivity index (χ4v) is 6.34. The predicted molar refractivity (Wildman–Crippen MR) is 139 cm³/mol. The average Bonchev–Trinajstić information content (AvgIpc) is 3.68. The number of rotatable bonds is 8. The third-order valence-electron chi connectivity index (χ3n) is 7.97. The van der Waals surface area contributed by atoms with Crippen LogP contribution in [0.15, 0.2) is 84.0 Å². The Labute approximate surface area is 221 Å². The lowest BCUT2D eigenvalue weighted by Gasteiger charge is -2.32. The van der Waals surface area contributed by atoms with Gasteiger partial charge in [-0.1, -0.05) is 48.6 Å². The molecule has 5 rings (SSSR count). The van der Waals surface area contributed by atoms with Crippen LogP contribution in [0.2, 0.25) is 0 Å². The SMILES string of the molecule is COC(=O)C(NC(=O)c1ccccc1)C1=CC2CC1C1CC=C(C(NC(=O)c3ccccc3)C(=O)OC)C21. The van der Waals surface area contributed by atoms with Gasteiger partial charge in [0, 0.05) is 11.1 Å². The molecule has 8 heteroatoms. The highest BCUT2D eigenvalue weighted by atomic mass is 16.5. The summed E-state index contributed by atoms with van der Waals surface area (Å²) in [4.78, 5) is 51.4. The Morgan fingerprint density at radius 1 is 0.763 bits per heavy atom. The molecule has 0 saturated heterocycles. The lowest BCUT2D eigenvalue weighted by atomic mass is 9.75. The van der Waals surface area contributed by atoms with Gasteiger partial charge >= 0.3 is 11.9 Å². The first kappa shape index (κ1) is 25.4. The van der Waals surface area contributed by atoms with Crippen LogP contribution in [-0.2, 0) is 19.1 Å². The van der Waals surface area contributed by atoms with Crippen molar-refractivity contribution in [2.75, 3.05) is 14.2 Å². The number of methoxy groups -OCH3 is 2. The van der Waals surface area contributed by atoms with E-state index in [1.54, 1.807) is 48.5 Å². The van der Waals surface area contributed by atoms with E-state index in [0.717, 1.165) is 17.6 Å². The maximum absolute atomic E-state index is 12.9. The monoisotopic (exact) mass is 514 g/mol. The molecule has 2 N–H and O–H groups in total. The highest BCUT2D eigenvalue weighted by Gasteiger charge is 2.55. The molecule has 6 unspecified atom stereocenters. The number of fused-ring (bicyclic) bond motifs is 5. The topological polar surface area (TPSA) is 111 Å². The third kappa shape index (κ3) is 4.62. The van der Waals surface area contributed by atoms with Gasteiger partial charge in [-0.05, 0) is 71.9 Å². The van der Waals surface area contributed by atoms with Crippen molar-refractivity contribution in [2.24, 2.45) is 23.7 Å². The van der Waals surface area contributed by atoms with Crippen molar-refractivity contribution in [3.8, 4) is 0 Å². The summed E-state index contributed by atoms with van der Waals surface area (Å²) in [5, 5.41) is 5.74. The van der Waals surface area contributed by atoms with Gasteiger partial charge < -0.3 is 20.1 Å². The van der Waals surface area contributed by atoms with Crippen molar-refractivity contribution in [3.05, 3.63) is 95.1 Å². The van der Waals surface area contributed by atoms with E-state index in [1.165, 1.54) is 14.2 Å². The Balaban J connectivity index is 1.37. The Hall–Kier alpha value is -4.20. The Kier molecular flexibility index (Phi) is 7.13. The predicted octanol–water partition coefficient (Wildman–Crippen LogP) is 3.07. The molecule has 0 aliphatic heterocycles. The van der Waals surface area contributed by atoms with Crippen molar-refractivity contribution < 1.29 is 28.7 Å². The minimum absolute atomic E-state index is 0.0343. The summed E-state index contributed by atoms with van der Waals surface area (Å²) >= 11 is 0. The zero-order valence-corrected chi connectivity index (χ0v) is 21.3. The van der Waals surface area contributed by atoms with E-state index in [2.05, 4.69) is 10.6 Å². The molecular formula is C30H30N2O6. The van der Waals surface area contributed by atoms with E-state index in [-0.39, 0.29) is 35.5 Å². The van der Waals surface area contributed by atoms with Crippen LogP contribution in [0.1, 0.15) is 33.6 Å². The first-order valence-electron chi connectivity index (χ1n) is 12.7. The van der Waals surface area contributed by atoms with E-state index in [4.69, 9.17) is 9.47 Å². The maximum Gasteiger partial charge on any atom is 0.332 e. The zero-order chi connectivity index (χ0) is 26.8. The normalized spacial score (nSPS) is 24.4. The summed E-state index contributed by atoms with van der Waals surface area (Å²) in [6, 6.07) is 15.7. The number of ether oxygens (including phenoxy) is 2. The first-order chi connectivity index (χ1) is 18.4. The summed E-state index contributed by atoms with van der Waals surface area (Å²) < 4.78 is 10.1. The number of amides is 2. The molecule has 2 amide bonds. The minimum atomic E-state index is -0.895. The lowest BCUT2D eigenvalue weighted by molar-refractivity contribution is -0.142. The second-order valence-electron chi connectivity index (χ2n) is 9.89. The van der Waals surface area contributed by atoms with E-state index in [9.17, 15) is 19.2 Å². The molecule has 0 spiro atoms. The van der Waals surface area contributed by atoms with Gasteiger partial charge in [0.25, 0.3) is 11.8 Å². The highest BCUT2D eigenvalue weighted by molar-refractivity contribution is 5.98. The molecule has 2 aromatic rings. The Morgan fingerprint density at radius 3 is 1.76 bits per heavy atom. The standard InChI is InChI=1S/C30H30N2O6/c1-37-29(35)25(31-27(33)17-9-5-3-6-10-17)21-14-13-20-22-15-19(24(20)21)16-23(22)26(30(36)38-2)32-28(34)18-11-7-4-8-12-18/h3-12,14,16,19-20,22,24-26H,13,15H2,1-2H3,(H,31,33)(H,32,34). The van der Waals surface area contributed by atoms with E-state index in [1.807, 2.05) is 24.3 Å². The van der Waals surface area contributed by atoms with Crippen molar-refractivity contribution in [3.63, 3.8) is 0 Å². The molecule has 0 radical (unpaired) electrons. The van der Waals surface area contributed by atoms with Gasteiger partial charge in [-0.25, -0.2) is 9.59 Å². The van der Waals surface area contributed by atoms with Crippen LogP contribution in [0, 0.1) is 23.7 Å². The first-order valence-corrected chi connectivity index (χ1v) is 12.7. The summed E-state index contributed by atoms with van der Waals surface area (Å²) in [5.74, 6) is -1.44. The van der Waals surface area contributed by atoms with E-state index < -0.39 is 24.0 Å². The Morgan fingerprint density at radius 2 is 1.26 bits per heavy atom. The second kappa shape index (κ2) is 10.7. The molecule has 6 atom stereocenters. The number of allylic oxidation sites excluding steroid dienone is 2. The van der Waals surface area contributed by atoms with Crippen molar-refractivity contribution in [2.45, 2.75) is 24.9 Å². The summed E-state index contributed by atoms with van der Waals surface area (Å²) in [5.41, 5.74) is 2.62. The maximum atomic E-state index is 12.9. The van der Waals surface area contributed by atoms with Gasteiger partial charge in [0.2, 0.25) is 0 Å². The number of esters is 2. The molecule has 8 nitrogen and oxygen atoms in total. The number of hydrogen-bond donors (Lipinski definition) is 2. The van der Waals surface area contributed by atoms with Crippen LogP contribution in [0.25, 0.3) is 0 Å². The van der Waals surface area contributed by atoms with Crippen LogP contribution in [0.4, 0.5) is 0 Å². The number of hydrogen-bond acceptors (Lipinski definition) is 6. The fraction of sp³-hybridized carbons (Fsp3) is 0.333. The van der Waals surface area contributed by atoms with Gasteiger partial charge in [0.15, 0.2) is 0 Å². The molecule has 1 saturated carbocycles. The molecule has 3 aliphatic rings. The molecular weight excluding hydrogens is 484 g/mol. The highest BCUT2D eigenvalue weighted by Crippen LogP contribution is 2.59. The van der Waals surface area contributed by atoms with E-state index in [0.29, 0.717) is 17.5 Å². The van der Waals surface area contributed by atoms with Gasteiger partial charge in [0.05, 0.1) is 14.2 Å². The lowest BCUT2D eigenvalue weighted by Crippen LogP contribution is -2.46. The molecule has 3 aliphatic carbocycles. The summed E-state index contributed by atoms with van der Waals surface area (Å²) in [6.45, 7) is 0. The molecule has 0 aromatic heterocycles. The van der Waals surface area contributed by atoms with Crippen LogP contribution < -0.4 is 10.6 Å². The zero-order valence-electron chi connectivity index (χ0n) is 21.3. The largest absolute Gasteiger partial charge is 0.467 e. The van der Waals surface area contributed by atoms with Gasteiger partial charge in [-0.3, -0.25) is 9.59 Å². The number of nitrogens with one attached hydrogen (secondary N) is 2. The van der Waals surface area contributed by atoms with Crippen LogP contribution in [0.3, 0.4) is 0 Å². The average molecular weight is 515 g/mol. The van der Waals surface area contributed by atoms with Gasteiger partial charge in [-0.2, -0.15) is 0 Å². The fourth-order valence-electron chi connectivity index (χ4n) is 6.34. The van der Waals surface area contributed by atoms with Crippen molar-refractivity contribution in [1.29, 1.82) is 0 Å². The van der Waals surface area contributed by atoms with Crippen molar-refractivity contribution >= 4 is 23.8 Å². The smallest absolute Gasteiger partial charge is 0.332 e. The number of carbonyl (C=O) groups excluding carboxylic acids is 4. The quantitative estimate of drug-likeness (QED) is 0.414. The van der Waals surface area contributed by atoms with E-state index >= 15 is 0 Å². The molecule has 196 valence electrons. The van der Waals surface area contributed by atoms with Gasteiger partial charge in [-0.15, -0.1) is 0 Å². The second-order valence-corrected chi connectivity index (χ2v) is 9.89. The molecule has 2 aromatic carbocycles. The number of benzene rings is 2.